The Hall–Kier alpha value is -3.53. The van der Waals surface area contributed by atoms with E-state index in [1.807, 2.05) is 23.1 Å². The number of nitrogens with zero attached hydrogens (tertiary/aromatic N) is 7. The van der Waals surface area contributed by atoms with E-state index in [1.54, 1.807) is 17.2 Å². The van der Waals surface area contributed by atoms with Crippen molar-refractivity contribution in [1.29, 1.82) is 0 Å². The molecule has 3 aromatic heterocycles. The van der Waals surface area contributed by atoms with Crippen LogP contribution in [0.25, 0.3) is 33.3 Å². The SMILES string of the molecule is O=C(Cn1ncc2c(-c3ccc4nc[nH]c4c3)nc(N3CCOCC3)nc21)N1CCCC1. The molecule has 0 bridgehead atoms. The van der Waals surface area contributed by atoms with E-state index in [2.05, 4.69) is 20.0 Å². The maximum Gasteiger partial charge on any atom is 0.244 e. The largest absolute Gasteiger partial charge is 0.378 e. The number of nitrogens with one attached hydrogen (secondary N) is 1. The van der Waals surface area contributed by atoms with Gasteiger partial charge < -0.3 is 19.5 Å². The van der Waals surface area contributed by atoms with Crippen molar-refractivity contribution in [3.8, 4) is 11.3 Å². The number of hydrogen-bond acceptors (Lipinski definition) is 7. The second kappa shape index (κ2) is 7.86. The molecule has 2 aliphatic rings. The molecule has 0 saturated carbocycles. The van der Waals surface area contributed by atoms with Crippen LogP contribution in [0.5, 0.6) is 0 Å². The minimum Gasteiger partial charge on any atom is -0.378 e. The van der Waals surface area contributed by atoms with E-state index >= 15 is 0 Å². The van der Waals surface area contributed by atoms with Crippen LogP contribution >= 0.6 is 0 Å². The Morgan fingerprint density at radius 3 is 2.78 bits per heavy atom. The van der Waals surface area contributed by atoms with Gasteiger partial charge in [-0.1, -0.05) is 6.07 Å². The molecular formula is C22H24N8O2. The number of rotatable bonds is 4. The third kappa shape index (κ3) is 3.36. The van der Waals surface area contributed by atoms with Crippen LogP contribution in [0.3, 0.4) is 0 Å². The maximum absolute atomic E-state index is 12.8. The van der Waals surface area contributed by atoms with E-state index in [0.29, 0.717) is 24.8 Å². The monoisotopic (exact) mass is 432 g/mol. The summed E-state index contributed by atoms with van der Waals surface area (Å²) in [5.74, 6) is 0.718. The highest BCUT2D eigenvalue weighted by Gasteiger charge is 2.23. The van der Waals surface area contributed by atoms with Crippen LogP contribution in [0, 0.1) is 0 Å². The molecule has 0 radical (unpaired) electrons. The normalized spacial score (nSPS) is 17.0. The number of anilines is 1. The quantitative estimate of drug-likeness (QED) is 0.524. The molecule has 4 aromatic rings. The van der Waals surface area contributed by atoms with Gasteiger partial charge in [0.25, 0.3) is 0 Å². The summed E-state index contributed by atoms with van der Waals surface area (Å²) < 4.78 is 7.21. The van der Waals surface area contributed by atoms with Crippen LogP contribution in [0.2, 0.25) is 0 Å². The topological polar surface area (TPSA) is 105 Å². The van der Waals surface area contributed by atoms with Gasteiger partial charge in [-0.25, -0.2) is 14.6 Å². The first kappa shape index (κ1) is 19.2. The molecule has 1 aromatic carbocycles. The summed E-state index contributed by atoms with van der Waals surface area (Å²) in [6.07, 6.45) is 5.58. The summed E-state index contributed by atoms with van der Waals surface area (Å²) in [6.45, 7) is 4.56. The predicted molar refractivity (Wildman–Crippen MR) is 119 cm³/mol. The molecule has 1 N–H and O–H groups in total. The average molecular weight is 432 g/mol. The lowest BCUT2D eigenvalue weighted by atomic mass is 10.1. The van der Waals surface area contributed by atoms with Gasteiger partial charge >= 0.3 is 0 Å². The molecule has 2 saturated heterocycles. The minimum absolute atomic E-state index is 0.0828. The molecule has 0 spiro atoms. The van der Waals surface area contributed by atoms with Gasteiger partial charge in [0.1, 0.15) is 6.54 Å². The van der Waals surface area contributed by atoms with E-state index in [9.17, 15) is 4.79 Å². The fourth-order valence-electron chi connectivity index (χ4n) is 4.46. The molecule has 0 aliphatic carbocycles. The van der Waals surface area contributed by atoms with E-state index in [-0.39, 0.29) is 12.5 Å². The van der Waals surface area contributed by atoms with Crippen LogP contribution in [0.4, 0.5) is 5.95 Å². The Bertz CT molecular complexity index is 1280. The molecule has 1 amide bonds. The molecular weight excluding hydrogens is 408 g/mol. The van der Waals surface area contributed by atoms with Crippen molar-refractivity contribution in [2.45, 2.75) is 19.4 Å². The summed E-state index contributed by atoms with van der Waals surface area (Å²) in [5.41, 5.74) is 4.27. The van der Waals surface area contributed by atoms with Crippen molar-refractivity contribution in [3.05, 3.63) is 30.7 Å². The number of imidazole rings is 1. The Morgan fingerprint density at radius 1 is 1.09 bits per heavy atom. The number of aromatic nitrogens is 6. The van der Waals surface area contributed by atoms with Gasteiger partial charge in [-0.05, 0) is 25.0 Å². The zero-order chi connectivity index (χ0) is 21.5. The van der Waals surface area contributed by atoms with Crippen molar-refractivity contribution in [1.82, 2.24) is 34.6 Å². The summed E-state index contributed by atoms with van der Waals surface area (Å²) in [5, 5.41) is 5.36. The number of carbonyl (C=O) groups is 1. The number of amides is 1. The summed E-state index contributed by atoms with van der Waals surface area (Å²) in [7, 11) is 0. The molecule has 164 valence electrons. The Labute approximate surface area is 184 Å². The van der Waals surface area contributed by atoms with Gasteiger partial charge in [0.2, 0.25) is 11.9 Å². The average Bonchev–Trinajstić information content (AvgIpc) is 3.60. The highest BCUT2D eigenvalue weighted by Crippen LogP contribution is 2.30. The number of H-pyrrole nitrogens is 1. The summed E-state index contributed by atoms with van der Waals surface area (Å²) in [4.78, 5) is 34.1. The van der Waals surface area contributed by atoms with Crippen molar-refractivity contribution in [3.63, 3.8) is 0 Å². The van der Waals surface area contributed by atoms with Crippen LogP contribution in [-0.4, -0.2) is 79.9 Å². The van der Waals surface area contributed by atoms with Crippen molar-refractivity contribution >= 4 is 33.9 Å². The first-order chi connectivity index (χ1) is 15.8. The number of likely N-dealkylation sites (tertiary alicyclic amines) is 1. The van der Waals surface area contributed by atoms with Crippen molar-refractivity contribution < 1.29 is 9.53 Å². The van der Waals surface area contributed by atoms with Crippen LogP contribution in [0.1, 0.15) is 12.8 Å². The maximum atomic E-state index is 12.8. The van der Waals surface area contributed by atoms with E-state index in [0.717, 1.165) is 66.7 Å². The standard InChI is InChI=1S/C22H24N8O2/c31-19(28-5-1-2-6-28)13-30-21-16(12-25-30)20(15-3-4-17-18(11-15)24-14-23-17)26-22(27-21)29-7-9-32-10-8-29/h3-4,11-12,14H,1-2,5-10,13H2,(H,23,24). The van der Waals surface area contributed by atoms with Crippen molar-refractivity contribution in [2.24, 2.45) is 0 Å². The third-order valence-corrected chi connectivity index (χ3v) is 6.22. The van der Waals surface area contributed by atoms with E-state index < -0.39 is 0 Å². The molecule has 5 heterocycles. The number of hydrogen-bond donors (Lipinski definition) is 1. The number of ether oxygens (including phenoxy) is 1. The fourth-order valence-corrected chi connectivity index (χ4v) is 4.46. The molecule has 6 rings (SSSR count). The third-order valence-electron chi connectivity index (χ3n) is 6.22. The number of benzene rings is 1. The van der Waals surface area contributed by atoms with Gasteiger partial charge in [0.05, 0.1) is 47.9 Å². The van der Waals surface area contributed by atoms with E-state index in [1.165, 1.54) is 0 Å². The second-order valence-corrected chi connectivity index (χ2v) is 8.23. The van der Waals surface area contributed by atoms with Gasteiger partial charge in [0, 0.05) is 31.7 Å². The van der Waals surface area contributed by atoms with E-state index in [4.69, 9.17) is 14.7 Å². The lowest BCUT2D eigenvalue weighted by Gasteiger charge is -2.27. The van der Waals surface area contributed by atoms with Gasteiger partial charge in [-0.15, -0.1) is 0 Å². The lowest BCUT2D eigenvalue weighted by molar-refractivity contribution is -0.130. The predicted octanol–water partition coefficient (Wildman–Crippen LogP) is 1.83. The zero-order valence-electron chi connectivity index (χ0n) is 17.7. The van der Waals surface area contributed by atoms with Gasteiger partial charge in [-0.3, -0.25) is 4.79 Å². The Balaban J connectivity index is 1.46. The lowest BCUT2D eigenvalue weighted by Crippen LogP contribution is -2.37. The summed E-state index contributed by atoms with van der Waals surface area (Å²) in [6, 6.07) is 6.03. The molecule has 0 unspecified atom stereocenters. The van der Waals surface area contributed by atoms with Crippen LogP contribution < -0.4 is 4.90 Å². The second-order valence-electron chi connectivity index (χ2n) is 8.23. The highest BCUT2D eigenvalue weighted by atomic mass is 16.5. The number of carbonyl (C=O) groups excluding carboxylic acids is 1. The highest BCUT2D eigenvalue weighted by molar-refractivity contribution is 5.94. The van der Waals surface area contributed by atoms with Crippen molar-refractivity contribution in [2.75, 3.05) is 44.3 Å². The number of morpholine rings is 1. The fraction of sp³-hybridized carbons (Fsp3) is 0.409. The smallest absolute Gasteiger partial charge is 0.244 e. The first-order valence-electron chi connectivity index (χ1n) is 11.0. The molecule has 10 heteroatoms. The van der Waals surface area contributed by atoms with Crippen LogP contribution in [-0.2, 0) is 16.1 Å². The van der Waals surface area contributed by atoms with Crippen LogP contribution in [0.15, 0.2) is 30.7 Å². The molecule has 10 nitrogen and oxygen atoms in total. The van der Waals surface area contributed by atoms with Gasteiger partial charge in [0.15, 0.2) is 5.65 Å². The number of aromatic amines is 1. The molecule has 2 aliphatic heterocycles. The zero-order valence-corrected chi connectivity index (χ0v) is 17.7. The number of fused-ring (bicyclic) bond motifs is 2. The molecule has 0 atom stereocenters. The Kier molecular flexibility index (Phi) is 4.71. The van der Waals surface area contributed by atoms with Gasteiger partial charge in [-0.2, -0.15) is 10.1 Å². The first-order valence-corrected chi connectivity index (χ1v) is 11.0. The minimum atomic E-state index is 0.0828. The molecule has 2 fully saturated rings. The summed E-state index contributed by atoms with van der Waals surface area (Å²) >= 11 is 0. The molecule has 32 heavy (non-hydrogen) atoms. The Morgan fingerprint density at radius 2 is 1.94 bits per heavy atom.